The van der Waals surface area contributed by atoms with Crippen LogP contribution in [0.5, 0.6) is 0 Å². The quantitative estimate of drug-likeness (QED) is 0.745. The highest BCUT2D eigenvalue weighted by molar-refractivity contribution is 5.15. The first kappa shape index (κ1) is 9.85. The highest BCUT2D eigenvalue weighted by atomic mass is 16.5. The smallest absolute Gasteiger partial charge is 0.223 e. The van der Waals surface area contributed by atoms with Crippen LogP contribution in [0, 0.1) is 0 Å². The molecule has 0 saturated heterocycles. The van der Waals surface area contributed by atoms with Crippen LogP contribution in [-0.2, 0) is 10.3 Å². The van der Waals surface area contributed by atoms with Gasteiger partial charge >= 0.3 is 0 Å². The molecule has 5 nitrogen and oxygen atoms in total. The van der Waals surface area contributed by atoms with Gasteiger partial charge in [0, 0.05) is 7.11 Å². The number of nitrogen functional groups attached to an aromatic ring is 1. The molecule has 1 rings (SSSR count). The molecule has 0 radical (unpaired) electrons. The summed E-state index contributed by atoms with van der Waals surface area (Å²) in [5.41, 5.74) is 4.97. The van der Waals surface area contributed by atoms with Gasteiger partial charge < -0.3 is 10.5 Å². The van der Waals surface area contributed by atoms with Crippen molar-refractivity contribution in [3.63, 3.8) is 0 Å². The zero-order valence-electron chi connectivity index (χ0n) is 8.11. The standard InChI is InChI=1S/C8H14N4O/c1-4-8(2,13-3)6-10-5-11-7(9)12-6/h5H,4H2,1-3H3,(H2,9,10,11,12). The van der Waals surface area contributed by atoms with E-state index in [2.05, 4.69) is 15.0 Å². The van der Waals surface area contributed by atoms with E-state index in [0.29, 0.717) is 5.82 Å². The van der Waals surface area contributed by atoms with Gasteiger partial charge in [-0.05, 0) is 13.3 Å². The van der Waals surface area contributed by atoms with Crippen LogP contribution < -0.4 is 5.73 Å². The van der Waals surface area contributed by atoms with Crippen molar-refractivity contribution < 1.29 is 4.74 Å². The van der Waals surface area contributed by atoms with E-state index in [1.54, 1.807) is 7.11 Å². The second-order valence-electron chi connectivity index (χ2n) is 2.96. The SMILES string of the molecule is CCC(C)(OC)c1ncnc(N)n1. The van der Waals surface area contributed by atoms with E-state index in [9.17, 15) is 0 Å². The van der Waals surface area contributed by atoms with Gasteiger partial charge in [-0.15, -0.1) is 0 Å². The Labute approximate surface area is 77.4 Å². The first-order chi connectivity index (χ1) is 6.12. The minimum absolute atomic E-state index is 0.224. The predicted molar refractivity (Wildman–Crippen MR) is 48.9 cm³/mol. The van der Waals surface area contributed by atoms with Gasteiger partial charge in [0.15, 0.2) is 5.82 Å². The van der Waals surface area contributed by atoms with E-state index < -0.39 is 5.60 Å². The first-order valence-electron chi connectivity index (χ1n) is 4.12. The van der Waals surface area contributed by atoms with Crippen molar-refractivity contribution in [3.8, 4) is 0 Å². The Hall–Kier alpha value is -1.23. The molecule has 1 unspecified atom stereocenters. The van der Waals surface area contributed by atoms with E-state index in [-0.39, 0.29) is 5.95 Å². The van der Waals surface area contributed by atoms with Crippen molar-refractivity contribution in [2.45, 2.75) is 25.9 Å². The summed E-state index contributed by atoms with van der Waals surface area (Å²) in [5.74, 6) is 0.798. The largest absolute Gasteiger partial charge is 0.371 e. The Kier molecular flexibility index (Phi) is 2.77. The summed E-state index contributed by atoms with van der Waals surface area (Å²) in [6.07, 6.45) is 2.18. The molecule has 5 heteroatoms. The summed E-state index contributed by atoms with van der Waals surface area (Å²) in [6, 6.07) is 0. The fourth-order valence-corrected chi connectivity index (χ4v) is 0.957. The molecule has 0 spiro atoms. The first-order valence-corrected chi connectivity index (χ1v) is 4.12. The van der Waals surface area contributed by atoms with Gasteiger partial charge in [-0.1, -0.05) is 6.92 Å². The van der Waals surface area contributed by atoms with Crippen molar-refractivity contribution in [1.82, 2.24) is 15.0 Å². The zero-order valence-corrected chi connectivity index (χ0v) is 8.11. The normalized spacial score (nSPS) is 15.3. The van der Waals surface area contributed by atoms with Crippen LogP contribution in [0.3, 0.4) is 0 Å². The van der Waals surface area contributed by atoms with Crippen molar-refractivity contribution >= 4 is 5.95 Å². The Morgan fingerprint density at radius 1 is 1.54 bits per heavy atom. The molecule has 2 N–H and O–H groups in total. The summed E-state index contributed by atoms with van der Waals surface area (Å²) >= 11 is 0. The van der Waals surface area contributed by atoms with Crippen LogP contribution in [0.2, 0.25) is 0 Å². The second kappa shape index (κ2) is 3.66. The number of aromatic nitrogens is 3. The highest BCUT2D eigenvalue weighted by Gasteiger charge is 2.27. The summed E-state index contributed by atoms with van der Waals surface area (Å²) < 4.78 is 5.32. The lowest BCUT2D eigenvalue weighted by atomic mass is 10.0. The van der Waals surface area contributed by atoms with Crippen LogP contribution in [0.4, 0.5) is 5.95 Å². The lowest BCUT2D eigenvalue weighted by Crippen LogP contribution is -2.26. The Bertz CT molecular complexity index is 285. The molecule has 1 aromatic rings. The number of methoxy groups -OCH3 is 1. The van der Waals surface area contributed by atoms with Crippen LogP contribution in [0.1, 0.15) is 26.1 Å². The highest BCUT2D eigenvalue weighted by Crippen LogP contribution is 2.24. The zero-order chi connectivity index (χ0) is 9.90. The maximum Gasteiger partial charge on any atom is 0.223 e. The average molecular weight is 182 g/mol. The van der Waals surface area contributed by atoms with Crippen molar-refractivity contribution in [2.75, 3.05) is 12.8 Å². The topological polar surface area (TPSA) is 73.9 Å². The molecule has 1 heterocycles. The molecule has 72 valence electrons. The summed E-state index contributed by atoms with van der Waals surface area (Å²) in [7, 11) is 1.63. The van der Waals surface area contributed by atoms with E-state index in [1.807, 2.05) is 13.8 Å². The van der Waals surface area contributed by atoms with E-state index in [4.69, 9.17) is 10.5 Å². The van der Waals surface area contributed by atoms with Gasteiger partial charge in [-0.2, -0.15) is 4.98 Å². The molecule has 1 aromatic heterocycles. The third kappa shape index (κ3) is 1.92. The monoisotopic (exact) mass is 182 g/mol. The Morgan fingerprint density at radius 2 is 2.23 bits per heavy atom. The molecule has 13 heavy (non-hydrogen) atoms. The Morgan fingerprint density at radius 3 is 2.69 bits per heavy atom. The molecular formula is C8H14N4O. The maximum atomic E-state index is 5.45. The molecule has 0 aliphatic carbocycles. The number of ether oxygens (including phenoxy) is 1. The van der Waals surface area contributed by atoms with Gasteiger partial charge in [0.25, 0.3) is 0 Å². The minimum atomic E-state index is -0.475. The molecule has 0 bridgehead atoms. The molecule has 0 fully saturated rings. The second-order valence-corrected chi connectivity index (χ2v) is 2.96. The average Bonchev–Trinajstić information content (AvgIpc) is 2.17. The molecule has 0 aliphatic heterocycles. The molecule has 0 amide bonds. The number of rotatable bonds is 3. The number of hydrogen-bond acceptors (Lipinski definition) is 5. The van der Waals surface area contributed by atoms with Crippen LogP contribution in [0.15, 0.2) is 6.33 Å². The van der Waals surface area contributed by atoms with Crippen LogP contribution in [-0.4, -0.2) is 22.1 Å². The molecule has 1 atom stereocenters. The third-order valence-electron chi connectivity index (χ3n) is 2.19. The molecular weight excluding hydrogens is 168 g/mol. The lowest BCUT2D eigenvalue weighted by molar-refractivity contribution is -0.00903. The van der Waals surface area contributed by atoms with Gasteiger partial charge in [0.1, 0.15) is 11.9 Å². The lowest BCUT2D eigenvalue weighted by Gasteiger charge is -2.24. The van der Waals surface area contributed by atoms with Gasteiger partial charge in [-0.25, -0.2) is 9.97 Å². The van der Waals surface area contributed by atoms with Crippen LogP contribution >= 0.6 is 0 Å². The summed E-state index contributed by atoms with van der Waals surface area (Å²) in [4.78, 5) is 11.8. The van der Waals surface area contributed by atoms with Crippen molar-refractivity contribution in [2.24, 2.45) is 0 Å². The van der Waals surface area contributed by atoms with Gasteiger partial charge in [0.2, 0.25) is 5.95 Å². The van der Waals surface area contributed by atoms with Crippen molar-refractivity contribution in [3.05, 3.63) is 12.2 Å². The van der Waals surface area contributed by atoms with E-state index in [1.165, 1.54) is 6.33 Å². The number of hydrogen-bond donors (Lipinski definition) is 1. The van der Waals surface area contributed by atoms with Gasteiger partial charge in [0.05, 0.1) is 0 Å². The molecule has 0 saturated carbocycles. The Balaban J connectivity index is 3.05. The summed E-state index contributed by atoms with van der Waals surface area (Å²) in [6.45, 7) is 3.92. The summed E-state index contributed by atoms with van der Waals surface area (Å²) in [5, 5.41) is 0. The third-order valence-corrected chi connectivity index (χ3v) is 2.19. The number of nitrogens with two attached hydrogens (primary N) is 1. The fourth-order valence-electron chi connectivity index (χ4n) is 0.957. The van der Waals surface area contributed by atoms with Crippen LogP contribution in [0.25, 0.3) is 0 Å². The number of anilines is 1. The molecule has 0 aromatic carbocycles. The maximum absolute atomic E-state index is 5.45. The van der Waals surface area contributed by atoms with E-state index >= 15 is 0 Å². The minimum Gasteiger partial charge on any atom is -0.371 e. The fraction of sp³-hybridized carbons (Fsp3) is 0.625. The number of nitrogens with zero attached hydrogens (tertiary/aromatic N) is 3. The van der Waals surface area contributed by atoms with Crippen molar-refractivity contribution in [1.29, 1.82) is 0 Å². The van der Waals surface area contributed by atoms with E-state index in [0.717, 1.165) is 6.42 Å². The van der Waals surface area contributed by atoms with Gasteiger partial charge in [-0.3, -0.25) is 0 Å². The molecule has 0 aliphatic rings. The predicted octanol–water partition coefficient (Wildman–Crippen LogP) is 0.725.